The first-order valence-corrected chi connectivity index (χ1v) is 5.18. The fraction of sp³-hybridized carbons (Fsp3) is 0.500. The van der Waals surface area contributed by atoms with Crippen LogP contribution in [-0.2, 0) is 0 Å². The molecule has 1 atom stereocenters. The quantitative estimate of drug-likeness (QED) is 0.686. The Morgan fingerprint density at radius 1 is 1.53 bits per heavy atom. The maximum atomic E-state index is 10.6. The monoisotopic (exact) mass is 229 g/mol. The largest absolute Gasteiger partial charge is 0.476 e. The average molecular weight is 229 g/mol. The van der Waals surface area contributed by atoms with E-state index in [1.807, 2.05) is 7.05 Å². The normalized spacial score (nSPS) is 18.9. The van der Waals surface area contributed by atoms with E-state index < -0.39 is 5.97 Å². The Labute approximate surface area is 112 Å². The van der Waals surface area contributed by atoms with Gasteiger partial charge in [-0.25, -0.2) is 14.8 Å². The van der Waals surface area contributed by atoms with Crippen LogP contribution in [0.2, 0.25) is 0 Å². The molecule has 0 amide bonds. The molecule has 1 aromatic heterocycles. The van der Waals surface area contributed by atoms with Crippen LogP contribution in [-0.4, -0.2) is 66.1 Å². The van der Waals surface area contributed by atoms with Crippen molar-refractivity contribution in [3.63, 3.8) is 0 Å². The van der Waals surface area contributed by atoms with Crippen LogP contribution >= 0.6 is 0 Å². The molecule has 87 valence electrons. The molecule has 0 bridgehead atoms. The minimum Gasteiger partial charge on any atom is -0.476 e. The summed E-state index contributed by atoms with van der Waals surface area (Å²) in [6.45, 7) is 1.81. The van der Waals surface area contributed by atoms with E-state index in [-0.39, 0.29) is 24.6 Å². The van der Waals surface area contributed by atoms with Gasteiger partial charge in [0.1, 0.15) is 5.82 Å². The van der Waals surface area contributed by atoms with Crippen molar-refractivity contribution in [2.24, 2.45) is 0 Å². The van der Waals surface area contributed by atoms with Crippen molar-refractivity contribution < 1.29 is 9.90 Å². The van der Waals surface area contributed by atoms with Gasteiger partial charge in [-0.3, -0.25) is 0 Å². The Morgan fingerprint density at radius 3 is 2.76 bits per heavy atom. The van der Waals surface area contributed by atoms with Crippen LogP contribution < -0.4 is 10.2 Å². The van der Waals surface area contributed by atoms with Crippen molar-refractivity contribution in [1.29, 1.82) is 0 Å². The second kappa shape index (κ2) is 6.01. The topological polar surface area (TPSA) is 78.4 Å². The zero-order valence-corrected chi connectivity index (χ0v) is 10.1. The molecule has 1 aliphatic heterocycles. The summed E-state index contributed by atoms with van der Waals surface area (Å²) in [5, 5.41) is 11.9. The molecule has 0 aromatic carbocycles. The average Bonchev–Trinajstić information content (AvgIpc) is 2.77. The number of hydrogen-bond acceptors (Lipinski definition) is 5. The fourth-order valence-corrected chi connectivity index (χ4v) is 1.80. The summed E-state index contributed by atoms with van der Waals surface area (Å²) in [6.07, 6.45) is 3.88. The summed E-state index contributed by atoms with van der Waals surface area (Å²) < 4.78 is 0. The summed E-state index contributed by atoms with van der Waals surface area (Å²) in [4.78, 5) is 20.7. The molecule has 2 N–H and O–H groups in total. The summed E-state index contributed by atoms with van der Waals surface area (Å²) >= 11 is 0. The first kappa shape index (κ1) is 14.0. The minimum atomic E-state index is -1.05. The molecule has 6 nitrogen and oxygen atoms in total. The van der Waals surface area contributed by atoms with Gasteiger partial charge in [0.05, 0.1) is 12.4 Å². The predicted octanol–water partition coefficient (Wildman–Crippen LogP) is -0.408. The van der Waals surface area contributed by atoms with Crippen molar-refractivity contribution in [2.75, 3.05) is 25.0 Å². The molecule has 1 saturated heterocycles. The number of aromatic carboxylic acids is 1. The Bertz CT molecular complexity index is 384. The molecule has 1 aliphatic rings. The van der Waals surface area contributed by atoms with Gasteiger partial charge in [0.25, 0.3) is 0 Å². The van der Waals surface area contributed by atoms with Crippen molar-refractivity contribution in [3.8, 4) is 0 Å². The van der Waals surface area contributed by atoms with E-state index in [9.17, 15) is 4.79 Å². The molecule has 0 unspecified atom stereocenters. The van der Waals surface area contributed by atoms with Crippen LogP contribution in [0.25, 0.3) is 0 Å². The molecule has 7 heteroatoms. The summed E-state index contributed by atoms with van der Waals surface area (Å²) in [6, 6.07) is 0.473. The van der Waals surface area contributed by atoms with Crippen LogP contribution in [0.15, 0.2) is 12.4 Å². The number of carbonyl (C=O) groups is 1. The zero-order chi connectivity index (χ0) is 11.5. The van der Waals surface area contributed by atoms with E-state index in [0.717, 1.165) is 25.3 Å². The Morgan fingerprint density at radius 2 is 2.29 bits per heavy atom. The van der Waals surface area contributed by atoms with Gasteiger partial charge < -0.3 is 15.3 Å². The Balaban J connectivity index is 0.00000144. The smallest absolute Gasteiger partial charge is 0.356 e. The van der Waals surface area contributed by atoms with Crippen LogP contribution in [0.5, 0.6) is 0 Å². The Hall–Kier alpha value is -1.09. The van der Waals surface area contributed by atoms with Gasteiger partial charge in [-0.1, -0.05) is 0 Å². The molecule has 0 saturated carbocycles. The minimum absolute atomic E-state index is 0. The third-order valence-electron chi connectivity index (χ3n) is 2.78. The molecule has 1 aromatic rings. The molecule has 1 radical (unpaired) electrons. The van der Waals surface area contributed by atoms with Gasteiger partial charge in [0.15, 0.2) is 5.69 Å². The van der Waals surface area contributed by atoms with Gasteiger partial charge in [0, 0.05) is 38.0 Å². The molecule has 1 fully saturated rings. The molecule has 2 heterocycles. The summed E-state index contributed by atoms with van der Waals surface area (Å²) in [5.41, 5.74) is -0.0203. The number of nitrogens with one attached hydrogen (secondary N) is 1. The van der Waals surface area contributed by atoms with Gasteiger partial charge in [-0.05, 0) is 13.5 Å². The number of hydrogen-bond donors (Lipinski definition) is 2. The first-order valence-electron chi connectivity index (χ1n) is 5.18. The van der Waals surface area contributed by atoms with Crippen molar-refractivity contribution >= 4 is 30.6 Å². The number of rotatable bonds is 3. The molecular formula is C10H14LiN4O2. The predicted molar refractivity (Wildman–Crippen MR) is 64.4 cm³/mol. The van der Waals surface area contributed by atoms with Crippen molar-refractivity contribution in [2.45, 2.75) is 12.5 Å². The summed E-state index contributed by atoms with van der Waals surface area (Å²) in [5.74, 6) is -0.309. The second-order valence-electron chi connectivity index (χ2n) is 3.79. The summed E-state index contributed by atoms with van der Waals surface area (Å²) in [7, 11) is 1.94. The van der Waals surface area contributed by atoms with E-state index in [2.05, 4.69) is 20.2 Å². The van der Waals surface area contributed by atoms with Gasteiger partial charge >= 0.3 is 5.97 Å². The van der Waals surface area contributed by atoms with Crippen molar-refractivity contribution in [3.05, 3.63) is 18.1 Å². The maximum absolute atomic E-state index is 10.6. The molecule has 2 rings (SSSR count). The second-order valence-corrected chi connectivity index (χ2v) is 3.79. The van der Waals surface area contributed by atoms with Gasteiger partial charge in [-0.2, -0.15) is 0 Å². The number of carboxylic acids is 1. The third kappa shape index (κ3) is 3.19. The van der Waals surface area contributed by atoms with Crippen LogP contribution in [0.4, 0.5) is 5.82 Å². The molecular weight excluding hydrogens is 215 g/mol. The van der Waals surface area contributed by atoms with Gasteiger partial charge in [0.2, 0.25) is 0 Å². The number of carboxylic acid groups (broad SMARTS) is 1. The number of aromatic nitrogens is 2. The standard InChI is InChI=1S/C10H14N4O2.Li/c1-11-7-2-3-14(6-7)9-5-12-8(4-13-9)10(15)16;/h4-5,7,11H,2-3,6H2,1H3,(H,15,16);/t7-;/m1./s1. The first-order chi connectivity index (χ1) is 7.70. The van der Waals surface area contributed by atoms with Crippen molar-refractivity contribution in [1.82, 2.24) is 15.3 Å². The number of nitrogens with zero attached hydrogens (tertiary/aromatic N) is 3. The van der Waals surface area contributed by atoms with Crippen LogP contribution in [0.3, 0.4) is 0 Å². The Kier molecular flexibility index (Phi) is 4.94. The van der Waals surface area contributed by atoms with E-state index in [1.54, 1.807) is 0 Å². The maximum Gasteiger partial charge on any atom is 0.356 e. The SMILES string of the molecule is CN[C@@H]1CCN(c2cnc(C(=O)O)cn2)C1.[Li]. The number of anilines is 1. The number of likely N-dealkylation sites (N-methyl/N-ethyl adjacent to an activating group) is 1. The molecule has 0 aliphatic carbocycles. The van der Waals surface area contributed by atoms with E-state index in [1.165, 1.54) is 12.4 Å². The van der Waals surface area contributed by atoms with E-state index >= 15 is 0 Å². The van der Waals surface area contributed by atoms with Crippen LogP contribution in [0, 0.1) is 0 Å². The van der Waals surface area contributed by atoms with E-state index in [4.69, 9.17) is 5.11 Å². The molecule has 17 heavy (non-hydrogen) atoms. The van der Waals surface area contributed by atoms with Gasteiger partial charge in [-0.15, -0.1) is 0 Å². The van der Waals surface area contributed by atoms with E-state index in [0.29, 0.717) is 6.04 Å². The third-order valence-corrected chi connectivity index (χ3v) is 2.78. The fourth-order valence-electron chi connectivity index (χ4n) is 1.80. The zero-order valence-electron chi connectivity index (χ0n) is 10.1. The molecule has 0 spiro atoms. The van der Waals surface area contributed by atoms with Crippen LogP contribution in [0.1, 0.15) is 16.9 Å².